The molecule has 1 atom stereocenters. The number of hydrogen-bond donors (Lipinski definition) is 0. The van der Waals surface area contributed by atoms with E-state index in [4.69, 9.17) is 9.47 Å². The van der Waals surface area contributed by atoms with Crippen molar-refractivity contribution in [2.24, 2.45) is 5.92 Å². The highest BCUT2D eigenvalue weighted by atomic mass is 19.1. The molecule has 0 amide bonds. The van der Waals surface area contributed by atoms with Crippen LogP contribution in [0.5, 0.6) is 11.5 Å². The van der Waals surface area contributed by atoms with Gasteiger partial charge in [0.05, 0.1) is 6.61 Å². The van der Waals surface area contributed by atoms with Crippen molar-refractivity contribution in [1.82, 2.24) is 9.97 Å². The molecule has 0 spiro atoms. The molecule has 2 aromatic carbocycles. The summed E-state index contributed by atoms with van der Waals surface area (Å²) in [6.45, 7) is 7.11. The molecule has 0 aliphatic heterocycles. The Morgan fingerprint density at radius 2 is 1.25 bits per heavy atom. The number of alkyl halides is 1. The fraction of sp³-hybridized carbons (Fsp3) is 0.484. The number of aromatic nitrogens is 2. The fourth-order valence-electron chi connectivity index (χ4n) is 4.09. The number of benzene rings is 2. The van der Waals surface area contributed by atoms with Crippen molar-refractivity contribution >= 4 is 0 Å². The van der Waals surface area contributed by atoms with Crippen LogP contribution in [-0.2, 0) is 0 Å². The van der Waals surface area contributed by atoms with Gasteiger partial charge in [-0.15, -0.1) is 0 Å². The molecule has 1 aromatic heterocycles. The first-order chi connectivity index (χ1) is 17.5. The number of ether oxygens (including phenoxy) is 2. The van der Waals surface area contributed by atoms with Crippen molar-refractivity contribution in [1.29, 1.82) is 0 Å². The number of unbranched alkanes of at least 4 members (excludes halogenated alkanes) is 6. The van der Waals surface area contributed by atoms with Gasteiger partial charge in [0.25, 0.3) is 0 Å². The van der Waals surface area contributed by atoms with E-state index in [-0.39, 0.29) is 6.61 Å². The second-order valence-electron chi connectivity index (χ2n) is 9.85. The third-order valence-corrected chi connectivity index (χ3v) is 6.13. The molecule has 36 heavy (non-hydrogen) atoms. The van der Waals surface area contributed by atoms with Crippen molar-refractivity contribution in [3.8, 4) is 34.0 Å². The third kappa shape index (κ3) is 9.60. The summed E-state index contributed by atoms with van der Waals surface area (Å²) in [7, 11) is 0. The van der Waals surface area contributed by atoms with Gasteiger partial charge in [-0.1, -0.05) is 71.4 Å². The fourth-order valence-corrected chi connectivity index (χ4v) is 4.09. The normalized spacial score (nSPS) is 12.0. The molecule has 0 bridgehead atoms. The van der Waals surface area contributed by atoms with Crippen LogP contribution >= 0.6 is 0 Å². The van der Waals surface area contributed by atoms with Crippen molar-refractivity contribution in [3.63, 3.8) is 0 Å². The van der Waals surface area contributed by atoms with Gasteiger partial charge in [-0.3, -0.25) is 0 Å². The number of rotatable bonds is 16. The molecule has 3 rings (SSSR count). The van der Waals surface area contributed by atoms with Crippen LogP contribution in [0.25, 0.3) is 22.5 Å². The van der Waals surface area contributed by atoms with E-state index in [0.29, 0.717) is 23.9 Å². The summed E-state index contributed by atoms with van der Waals surface area (Å²) in [5.74, 6) is 2.54. The zero-order chi connectivity index (χ0) is 25.6. The van der Waals surface area contributed by atoms with Gasteiger partial charge in [0.15, 0.2) is 5.82 Å². The van der Waals surface area contributed by atoms with E-state index in [2.05, 4.69) is 16.9 Å². The molecule has 0 N–H and O–H groups in total. The molecule has 4 nitrogen and oxygen atoms in total. The third-order valence-electron chi connectivity index (χ3n) is 6.13. The maximum Gasteiger partial charge on any atom is 0.159 e. The number of hydrogen-bond acceptors (Lipinski definition) is 4. The maximum absolute atomic E-state index is 13.9. The quantitative estimate of drug-likeness (QED) is 0.188. The van der Waals surface area contributed by atoms with E-state index in [1.54, 1.807) is 0 Å². The molecule has 1 unspecified atom stereocenters. The Labute approximate surface area is 216 Å². The zero-order valence-corrected chi connectivity index (χ0v) is 22.1. The Kier molecular flexibility index (Phi) is 11.7. The molecule has 0 radical (unpaired) electrons. The topological polar surface area (TPSA) is 44.2 Å². The molecule has 1 heterocycles. The molecule has 3 aromatic rings. The van der Waals surface area contributed by atoms with Crippen LogP contribution in [0.15, 0.2) is 60.9 Å². The van der Waals surface area contributed by atoms with Crippen LogP contribution < -0.4 is 9.47 Å². The Morgan fingerprint density at radius 3 is 1.86 bits per heavy atom. The van der Waals surface area contributed by atoms with E-state index in [1.807, 2.05) is 74.8 Å². The Hall–Kier alpha value is -2.95. The molecule has 0 fully saturated rings. The standard InChI is InChI=1S/C31H41FN2O2/c1-4-5-6-7-8-9-10-19-35-29-17-13-26(14-18-29)31-33-21-27(22-34-31)25-11-15-30(16-12-25)36-23-28(32)20-24(2)3/h11-18,21-22,24,28H,4-10,19-20,23H2,1-3H3. The average molecular weight is 493 g/mol. The van der Waals surface area contributed by atoms with Gasteiger partial charge in [-0.25, -0.2) is 14.4 Å². The highest BCUT2D eigenvalue weighted by molar-refractivity contribution is 5.64. The molecule has 0 saturated heterocycles. The van der Waals surface area contributed by atoms with Crippen molar-refractivity contribution in [2.45, 2.75) is 78.3 Å². The first kappa shape index (κ1) is 27.6. The minimum absolute atomic E-state index is 0.0816. The average Bonchev–Trinajstić information content (AvgIpc) is 2.89. The number of nitrogens with zero attached hydrogens (tertiary/aromatic N) is 2. The van der Waals surface area contributed by atoms with Gasteiger partial charge in [0.2, 0.25) is 0 Å². The summed E-state index contributed by atoms with van der Waals surface area (Å²) in [4.78, 5) is 9.10. The predicted octanol–water partition coefficient (Wildman–Crippen LogP) is 8.70. The van der Waals surface area contributed by atoms with Crippen molar-refractivity contribution in [2.75, 3.05) is 13.2 Å². The van der Waals surface area contributed by atoms with Gasteiger partial charge < -0.3 is 9.47 Å². The van der Waals surface area contributed by atoms with Crippen LogP contribution in [0.3, 0.4) is 0 Å². The monoisotopic (exact) mass is 492 g/mol. The number of halogens is 1. The van der Waals surface area contributed by atoms with Crippen LogP contribution in [-0.4, -0.2) is 29.4 Å². The minimum Gasteiger partial charge on any atom is -0.494 e. The van der Waals surface area contributed by atoms with Crippen molar-refractivity contribution in [3.05, 3.63) is 60.9 Å². The zero-order valence-electron chi connectivity index (χ0n) is 22.1. The second-order valence-corrected chi connectivity index (χ2v) is 9.85. The van der Waals surface area contributed by atoms with Crippen LogP contribution in [0.2, 0.25) is 0 Å². The Balaban J connectivity index is 1.45. The summed E-state index contributed by atoms with van der Waals surface area (Å²) in [5, 5.41) is 0. The van der Waals surface area contributed by atoms with Gasteiger partial charge in [-0.2, -0.15) is 0 Å². The first-order valence-corrected chi connectivity index (χ1v) is 13.5. The van der Waals surface area contributed by atoms with E-state index < -0.39 is 6.17 Å². The Morgan fingerprint density at radius 1 is 0.694 bits per heavy atom. The van der Waals surface area contributed by atoms with Gasteiger partial charge in [-0.05, 0) is 60.7 Å². The summed E-state index contributed by atoms with van der Waals surface area (Å²) < 4.78 is 25.3. The first-order valence-electron chi connectivity index (χ1n) is 13.5. The lowest BCUT2D eigenvalue weighted by Crippen LogP contribution is -2.15. The summed E-state index contributed by atoms with van der Waals surface area (Å²) in [6.07, 6.45) is 12.2. The SMILES string of the molecule is CCCCCCCCCOc1ccc(-c2ncc(-c3ccc(OCC(F)CC(C)C)cc3)cn2)cc1. The van der Waals surface area contributed by atoms with Gasteiger partial charge >= 0.3 is 0 Å². The van der Waals surface area contributed by atoms with Crippen molar-refractivity contribution < 1.29 is 13.9 Å². The van der Waals surface area contributed by atoms with E-state index >= 15 is 0 Å². The predicted molar refractivity (Wildman–Crippen MR) is 146 cm³/mol. The molecular weight excluding hydrogens is 451 g/mol. The molecule has 5 heteroatoms. The van der Waals surface area contributed by atoms with E-state index in [0.717, 1.165) is 35.5 Å². The van der Waals surface area contributed by atoms with Gasteiger partial charge in [0, 0.05) is 23.5 Å². The van der Waals surface area contributed by atoms with E-state index in [1.165, 1.54) is 38.5 Å². The lowest BCUT2D eigenvalue weighted by atomic mass is 10.1. The molecule has 0 aliphatic rings. The highest BCUT2D eigenvalue weighted by Crippen LogP contribution is 2.24. The molecule has 0 aliphatic carbocycles. The van der Waals surface area contributed by atoms with Gasteiger partial charge in [0.1, 0.15) is 24.3 Å². The highest BCUT2D eigenvalue weighted by Gasteiger charge is 2.10. The minimum atomic E-state index is -0.948. The van der Waals surface area contributed by atoms with Crippen LogP contribution in [0, 0.1) is 5.92 Å². The maximum atomic E-state index is 13.9. The Bertz CT molecular complexity index is 989. The summed E-state index contributed by atoms with van der Waals surface area (Å²) in [6, 6.07) is 15.6. The smallest absolute Gasteiger partial charge is 0.159 e. The van der Waals surface area contributed by atoms with E-state index in [9.17, 15) is 4.39 Å². The molecule has 194 valence electrons. The van der Waals surface area contributed by atoms with Crippen LogP contribution in [0.1, 0.15) is 72.1 Å². The molecular formula is C31H41FN2O2. The molecule has 0 saturated carbocycles. The summed E-state index contributed by atoms with van der Waals surface area (Å²) >= 11 is 0. The lowest BCUT2D eigenvalue weighted by molar-refractivity contribution is 0.174. The summed E-state index contributed by atoms with van der Waals surface area (Å²) in [5.41, 5.74) is 2.86. The second kappa shape index (κ2) is 15.2. The largest absolute Gasteiger partial charge is 0.494 e. The lowest BCUT2D eigenvalue weighted by Gasteiger charge is -2.12. The van der Waals surface area contributed by atoms with Crippen LogP contribution in [0.4, 0.5) is 4.39 Å².